The van der Waals surface area contributed by atoms with E-state index in [9.17, 15) is 4.79 Å². The van der Waals surface area contributed by atoms with E-state index in [-0.39, 0.29) is 5.56 Å². The van der Waals surface area contributed by atoms with Crippen LogP contribution in [0.25, 0.3) is 11.0 Å². The Morgan fingerprint density at radius 3 is 2.79 bits per heavy atom. The smallest absolute Gasteiger partial charge is 0.268 e. The van der Waals surface area contributed by atoms with E-state index < -0.39 is 0 Å². The minimum absolute atomic E-state index is 0.199. The number of hydrogen-bond donors (Lipinski definition) is 0. The summed E-state index contributed by atoms with van der Waals surface area (Å²) in [7, 11) is 0. The van der Waals surface area contributed by atoms with Gasteiger partial charge in [0, 0.05) is 28.9 Å². The van der Waals surface area contributed by atoms with Gasteiger partial charge in [-0.3, -0.25) is 4.79 Å². The quantitative estimate of drug-likeness (QED) is 0.664. The van der Waals surface area contributed by atoms with E-state index in [0.29, 0.717) is 11.2 Å². The maximum absolute atomic E-state index is 11.6. The molecule has 72 valence electrons. The highest BCUT2D eigenvalue weighted by Crippen LogP contribution is 2.16. The van der Waals surface area contributed by atoms with Gasteiger partial charge in [0.25, 0.3) is 5.56 Å². The Bertz CT molecular complexity index is 560. The predicted molar refractivity (Wildman–Crippen MR) is 56.7 cm³/mol. The molecule has 0 aliphatic heterocycles. The number of hydrogen-bond acceptors (Lipinski definition) is 2. The van der Waals surface area contributed by atoms with E-state index in [2.05, 4.69) is 4.98 Å². The van der Waals surface area contributed by atoms with Gasteiger partial charge in [-0.15, -0.1) is 0 Å². The molecule has 0 aromatic carbocycles. The van der Waals surface area contributed by atoms with E-state index >= 15 is 0 Å². The number of rotatable bonds is 0. The van der Waals surface area contributed by atoms with Gasteiger partial charge in [0.05, 0.1) is 0 Å². The monoisotopic (exact) mass is 208 g/mol. The van der Waals surface area contributed by atoms with Crippen molar-refractivity contribution in [3.05, 3.63) is 39.8 Å². The second-order valence-electron chi connectivity index (χ2n) is 3.21. The lowest BCUT2D eigenvalue weighted by molar-refractivity contribution is 1.09. The standard InChI is InChI=1S/C10H9ClN2O/c1-6-7(2)10(14)13(11)9-8(6)4-3-5-12-9/h3-5H,1-2H3. The molecular formula is C10H9ClN2O. The number of fused-ring (bicyclic) bond motifs is 1. The van der Waals surface area contributed by atoms with Gasteiger partial charge in [0.15, 0.2) is 5.65 Å². The van der Waals surface area contributed by atoms with Crippen LogP contribution in [0.15, 0.2) is 23.1 Å². The first-order chi connectivity index (χ1) is 6.63. The lowest BCUT2D eigenvalue weighted by Gasteiger charge is -2.06. The van der Waals surface area contributed by atoms with Gasteiger partial charge in [-0.05, 0) is 31.5 Å². The van der Waals surface area contributed by atoms with Crippen molar-refractivity contribution in [1.82, 2.24) is 9.07 Å². The molecule has 0 N–H and O–H groups in total. The van der Waals surface area contributed by atoms with Crippen LogP contribution in [0.5, 0.6) is 0 Å². The van der Waals surface area contributed by atoms with Gasteiger partial charge in [-0.25, -0.2) is 4.98 Å². The van der Waals surface area contributed by atoms with Crippen LogP contribution < -0.4 is 5.56 Å². The number of nitrogens with zero attached hydrogens (tertiary/aromatic N) is 2. The molecule has 14 heavy (non-hydrogen) atoms. The lowest BCUT2D eigenvalue weighted by atomic mass is 10.1. The molecule has 0 unspecified atom stereocenters. The van der Waals surface area contributed by atoms with E-state index in [4.69, 9.17) is 11.8 Å². The molecule has 0 aliphatic rings. The van der Waals surface area contributed by atoms with E-state index in [1.807, 2.05) is 19.1 Å². The van der Waals surface area contributed by atoms with E-state index in [1.165, 1.54) is 0 Å². The Morgan fingerprint density at radius 1 is 1.36 bits per heavy atom. The van der Waals surface area contributed by atoms with Gasteiger partial charge in [0.1, 0.15) is 0 Å². The van der Waals surface area contributed by atoms with Crippen molar-refractivity contribution in [2.24, 2.45) is 0 Å². The van der Waals surface area contributed by atoms with E-state index in [1.54, 1.807) is 13.1 Å². The average molecular weight is 209 g/mol. The average Bonchev–Trinajstić information content (AvgIpc) is 2.23. The Hall–Kier alpha value is -1.35. The lowest BCUT2D eigenvalue weighted by Crippen LogP contribution is -2.18. The molecule has 2 rings (SSSR count). The third-order valence-electron chi connectivity index (χ3n) is 2.44. The van der Waals surface area contributed by atoms with Crippen molar-refractivity contribution in [3.63, 3.8) is 0 Å². The zero-order valence-corrected chi connectivity index (χ0v) is 8.67. The summed E-state index contributed by atoms with van der Waals surface area (Å²) in [6.45, 7) is 3.67. The molecule has 4 heteroatoms. The van der Waals surface area contributed by atoms with Crippen molar-refractivity contribution in [3.8, 4) is 0 Å². The highest BCUT2D eigenvalue weighted by Gasteiger charge is 2.09. The van der Waals surface area contributed by atoms with Crippen molar-refractivity contribution in [1.29, 1.82) is 0 Å². The van der Waals surface area contributed by atoms with Crippen LogP contribution in [0.2, 0.25) is 0 Å². The Kier molecular flexibility index (Phi) is 2.04. The molecule has 2 aromatic rings. The zero-order chi connectivity index (χ0) is 10.3. The molecular weight excluding hydrogens is 200 g/mol. The molecule has 0 saturated carbocycles. The third-order valence-corrected chi connectivity index (χ3v) is 2.75. The van der Waals surface area contributed by atoms with Crippen LogP contribution in [-0.2, 0) is 0 Å². The summed E-state index contributed by atoms with van der Waals surface area (Å²) in [5.41, 5.74) is 1.92. The van der Waals surface area contributed by atoms with Gasteiger partial charge in [0.2, 0.25) is 0 Å². The molecule has 0 saturated heterocycles. The van der Waals surface area contributed by atoms with Crippen LogP contribution in [0.1, 0.15) is 11.1 Å². The first-order valence-electron chi connectivity index (χ1n) is 4.26. The van der Waals surface area contributed by atoms with Gasteiger partial charge < -0.3 is 0 Å². The first kappa shape index (κ1) is 9.21. The highest BCUT2D eigenvalue weighted by atomic mass is 35.5. The Morgan fingerprint density at radius 2 is 2.07 bits per heavy atom. The molecule has 2 heterocycles. The third kappa shape index (κ3) is 1.13. The maximum Gasteiger partial charge on any atom is 0.270 e. The molecule has 0 amide bonds. The fraction of sp³-hybridized carbons (Fsp3) is 0.200. The summed E-state index contributed by atoms with van der Waals surface area (Å²) in [5.74, 6) is 0. The highest BCUT2D eigenvalue weighted by molar-refractivity contribution is 6.18. The van der Waals surface area contributed by atoms with Crippen LogP contribution in [0, 0.1) is 13.8 Å². The molecule has 0 fully saturated rings. The summed E-state index contributed by atoms with van der Waals surface area (Å²) < 4.78 is 1.07. The van der Waals surface area contributed by atoms with Crippen LogP contribution >= 0.6 is 11.8 Å². The molecule has 0 bridgehead atoms. The van der Waals surface area contributed by atoms with Crippen LogP contribution in [0.3, 0.4) is 0 Å². The van der Waals surface area contributed by atoms with Gasteiger partial charge >= 0.3 is 0 Å². The van der Waals surface area contributed by atoms with Crippen LogP contribution in [-0.4, -0.2) is 9.07 Å². The molecule has 0 radical (unpaired) electrons. The fourth-order valence-corrected chi connectivity index (χ4v) is 1.71. The topological polar surface area (TPSA) is 34.9 Å². The maximum atomic E-state index is 11.6. The van der Waals surface area contributed by atoms with Crippen molar-refractivity contribution in [2.75, 3.05) is 0 Å². The van der Waals surface area contributed by atoms with Gasteiger partial charge in [-0.2, -0.15) is 4.09 Å². The number of aromatic nitrogens is 2. The minimum Gasteiger partial charge on any atom is -0.268 e. The second kappa shape index (κ2) is 3.10. The van der Waals surface area contributed by atoms with Crippen molar-refractivity contribution >= 4 is 22.8 Å². The molecule has 2 aromatic heterocycles. The summed E-state index contributed by atoms with van der Waals surface area (Å²) in [5, 5.41) is 0.916. The Balaban J connectivity index is 3.10. The summed E-state index contributed by atoms with van der Waals surface area (Å²) >= 11 is 5.84. The largest absolute Gasteiger partial charge is 0.270 e. The minimum atomic E-state index is -0.199. The fourth-order valence-electron chi connectivity index (χ4n) is 1.45. The second-order valence-corrected chi connectivity index (χ2v) is 3.55. The summed E-state index contributed by atoms with van der Waals surface area (Å²) in [6.07, 6.45) is 1.62. The predicted octanol–water partition coefficient (Wildman–Crippen LogP) is 2.02. The van der Waals surface area contributed by atoms with Crippen molar-refractivity contribution in [2.45, 2.75) is 13.8 Å². The van der Waals surface area contributed by atoms with E-state index in [0.717, 1.165) is 15.0 Å². The number of pyridine rings is 2. The van der Waals surface area contributed by atoms with Crippen LogP contribution in [0.4, 0.5) is 0 Å². The summed E-state index contributed by atoms with van der Waals surface area (Å²) in [4.78, 5) is 15.7. The normalized spacial score (nSPS) is 10.8. The first-order valence-corrected chi connectivity index (χ1v) is 4.60. The molecule has 0 aliphatic carbocycles. The van der Waals surface area contributed by atoms with Crippen molar-refractivity contribution < 1.29 is 0 Å². The molecule has 3 nitrogen and oxygen atoms in total. The summed E-state index contributed by atoms with van der Waals surface area (Å²) in [6, 6.07) is 3.74. The Labute approximate surface area is 86.1 Å². The molecule has 0 spiro atoms. The molecule has 0 atom stereocenters. The van der Waals surface area contributed by atoms with Gasteiger partial charge in [-0.1, -0.05) is 0 Å². The number of halogens is 1. The zero-order valence-electron chi connectivity index (χ0n) is 7.91. The number of aryl methyl sites for hydroxylation is 1. The SMILES string of the molecule is Cc1c(C)c2cccnc2n(Cl)c1=O.